The third-order valence-electron chi connectivity index (χ3n) is 4.26. The minimum Gasteiger partial charge on any atom is -0.367 e. The van der Waals surface area contributed by atoms with Crippen molar-refractivity contribution < 1.29 is 18.0 Å². The Hall–Kier alpha value is -2.82. The van der Waals surface area contributed by atoms with Crippen molar-refractivity contribution in [1.82, 2.24) is 25.1 Å². The molecule has 0 aliphatic rings. The van der Waals surface area contributed by atoms with Gasteiger partial charge in [-0.05, 0) is 31.7 Å². The van der Waals surface area contributed by atoms with Crippen molar-refractivity contribution >= 4 is 34.5 Å². The summed E-state index contributed by atoms with van der Waals surface area (Å²) in [7, 11) is 0. The van der Waals surface area contributed by atoms with Crippen molar-refractivity contribution in [2.45, 2.75) is 44.7 Å². The highest BCUT2D eigenvalue weighted by Crippen LogP contribution is 2.31. The van der Waals surface area contributed by atoms with Gasteiger partial charge in [0.05, 0.1) is 29.3 Å². The van der Waals surface area contributed by atoms with Crippen molar-refractivity contribution in [3.05, 3.63) is 41.6 Å². The fourth-order valence-electron chi connectivity index (χ4n) is 2.97. The number of nitrogens with zero attached hydrogens (tertiary/aromatic N) is 4. The summed E-state index contributed by atoms with van der Waals surface area (Å²) in [6, 6.07) is 4.87. The van der Waals surface area contributed by atoms with Gasteiger partial charge in [0, 0.05) is 12.6 Å². The molecule has 0 saturated heterocycles. The topological polar surface area (TPSA) is 84.7 Å². The number of hydrogen-bond acceptors (Lipinski definition) is 6. The van der Waals surface area contributed by atoms with Crippen molar-refractivity contribution in [3.63, 3.8) is 0 Å². The molecular formula is C20H23F3N6OS. The van der Waals surface area contributed by atoms with Gasteiger partial charge in [-0.15, -0.1) is 0 Å². The molecule has 0 fully saturated rings. The summed E-state index contributed by atoms with van der Waals surface area (Å²) in [5, 5.41) is 11.5. The molecule has 0 spiro atoms. The van der Waals surface area contributed by atoms with Crippen LogP contribution in [0.3, 0.4) is 0 Å². The molecule has 0 atom stereocenters. The van der Waals surface area contributed by atoms with Gasteiger partial charge in [0.2, 0.25) is 0 Å². The molecule has 2 heterocycles. The summed E-state index contributed by atoms with van der Waals surface area (Å²) in [5.41, 5.74) is -0.776. The first-order valence-electron chi connectivity index (χ1n) is 9.78. The molecule has 166 valence electrons. The number of thioether (sulfide) groups is 1. The molecule has 2 N–H and O–H groups in total. The van der Waals surface area contributed by atoms with E-state index in [-0.39, 0.29) is 19.1 Å². The standard InChI is InChI=1S/C20H23F3N6OS/c1-4-31-19-27-16(26-12(2)3)14-11-25-29(17(14)28-19)10-9-24-18(30)13-7-5-6-8-15(13)20(21,22)23/h5-8,11-12H,4,9-10H2,1-3H3,(H,24,30)(H,26,27,28). The zero-order valence-corrected chi connectivity index (χ0v) is 18.1. The van der Waals surface area contributed by atoms with Crippen LogP contribution < -0.4 is 10.6 Å². The van der Waals surface area contributed by atoms with E-state index in [1.165, 1.54) is 23.9 Å². The number of amides is 1. The minimum atomic E-state index is -4.60. The Balaban J connectivity index is 1.77. The van der Waals surface area contributed by atoms with E-state index in [1.807, 2.05) is 20.8 Å². The average molecular weight is 453 g/mol. The Morgan fingerprint density at radius 1 is 1.23 bits per heavy atom. The third-order valence-corrected chi connectivity index (χ3v) is 4.99. The molecule has 0 aliphatic carbocycles. The van der Waals surface area contributed by atoms with Gasteiger partial charge in [0.25, 0.3) is 5.91 Å². The molecule has 7 nitrogen and oxygen atoms in total. The number of nitrogens with one attached hydrogen (secondary N) is 2. The fraction of sp³-hybridized carbons (Fsp3) is 0.400. The number of halogens is 3. The summed E-state index contributed by atoms with van der Waals surface area (Å²) in [4.78, 5) is 21.4. The first-order valence-corrected chi connectivity index (χ1v) is 10.8. The molecule has 3 rings (SSSR count). The SMILES string of the molecule is CCSc1nc(NC(C)C)c2cnn(CCNC(=O)c3ccccc3C(F)(F)F)c2n1. The highest BCUT2D eigenvalue weighted by atomic mass is 32.2. The molecule has 11 heteroatoms. The summed E-state index contributed by atoms with van der Waals surface area (Å²) >= 11 is 1.49. The molecule has 31 heavy (non-hydrogen) atoms. The van der Waals surface area contributed by atoms with Gasteiger partial charge in [0.1, 0.15) is 5.82 Å². The van der Waals surface area contributed by atoms with Crippen LogP contribution in [0.1, 0.15) is 36.7 Å². The largest absolute Gasteiger partial charge is 0.417 e. The van der Waals surface area contributed by atoms with Crippen molar-refractivity contribution in [3.8, 4) is 0 Å². The highest BCUT2D eigenvalue weighted by Gasteiger charge is 2.34. The lowest BCUT2D eigenvalue weighted by molar-refractivity contribution is -0.137. The number of carbonyl (C=O) groups excluding carboxylic acids is 1. The van der Waals surface area contributed by atoms with E-state index in [0.29, 0.717) is 16.6 Å². The smallest absolute Gasteiger partial charge is 0.367 e. The van der Waals surface area contributed by atoms with E-state index >= 15 is 0 Å². The predicted octanol–water partition coefficient (Wildman–Crippen LogP) is 4.21. The van der Waals surface area contributed by atoms with E-state index in [2.05, 4.69) is 25.7 Å². The minimum absolute atomic E-state index is 0.0923. The number of alkyl halides is 3. The normalized spacial score (nSPS) is 11.8. The first kappa shape index (κ1) is 22.9. The van der Waals surface area contributed by atoms with Crippen LogP contribution >= 0.6 is 11.8 Å². The Kier molecular flexibility index (Phi) is 7.04. The lowest BCUT2D eigenvalue weighted by Gasteiger charge is -2.13. The predicted molar refractivity (Wildman–Crippen MR) is 114 cm³/mol. The van der Waals surface area contributed by atoms with Crippen LogP contribution in [0.25, 0.3) is 11.0 Å². The Bertz CT molecular complexity index is 1070. The molecule has 3 aromatic rings. The van der Waals surface area contributed by atoms with Gasteiger partial charge in [-0.25, -0.2) is 14.6 Å². The maximum Gasteiger partial charge on any atom is 0.417 e. The molecule has 1 aromatic carbocycles. The van der Waals surface area contributed by atoms with Crippen molar-refractivity contribution in [2.24, 2.45) is 0 Å². The van der Waals surface area contributed by atoms with Crippen LogP contribution in [0.2, 0.25) is 0 Å². The fourth-order valence-corrected chi connectivity index (χ4v) is 3.54. The summed E-state index contributed by atoms with van der Waals surface area (Å²) in [6.45, 7) is 6.34. The molecule has 0 bridgehead atoms. The van der Waals surface area contributed by atoms with Crippen LogP contribution in [0, 0.1) is 0 Å². The van der Waals surface area contributed by atoms with E-state index in [9.17, 15) is 18.0 Å². The maximum atomic E-state index is 13.1. The van der Waals surface area contributed by atoms with E-state index in [0.717, 1.165) is 23.3 Å². The van der Waals surface area contributed by atoms with Crippen LogP contribution in [0.5, 0.6) is 0 Å². The summed E-state index contributed by atoms with van der Waals surface area (Å²) in [5.74, 6) is 0.684. The van der Waals surface area contributed by atoms with Crippen LogP contribution in [0.4, 0.5) is 19.0 Å². The quantitative estimate of drug-likeness (QED) is 0.394. The van der Waals surface area contributed by atoms with Crippen LogP contribution in [0.15, 0.2) is 35.6 Å². The highest BCUT2D eigenvalue weighted by molar-refractivity contribution is 7.99. The maximum absolute atomic E-state index is 13.1. The second kappa shape index (κ2) is 9.54. The van der Waals surface area contributed by atoms with E-state index in [1.54, 1.807) is 10.9 Å². The van der Waals surface area contributed by atoms with Crippen LogP contribution in [-0.4, -0.2) is 44.0 Å². The molecule has 0 saturated carbocycles. The zero-order valence-electron chi connectivity index (χ0n) is 17.3. The van der Waals surface area contributed by atoms with Gasteiger partial charge in [-0.2, -0.15) is 18.3 Å². The molecule has 2 aromatic heterocycles. The molecule has 0 unspecified atom stereocenters. The Labute approximate surface area is 181 Å². The number of fused-ring (bicyclic) bond motifs is 1. The number of carbonyl (C=O) groups is 1. The van der Waals surface area contributed by atoms with Gasteiger partial charge in [-0.1, -0.05) is 30.8 Å². The molecule has 0 radical (unpaired) electrons. The van der Waals surface area contributed by atoms with Gasteiger partial charge >= 0.3 is 6.18 Å². The average Bonchev–Trinajstić information content (AvgIpc) is 3.10. The second-order valence-electron chi connectivity index (χ2n) is 6.99. The lowest BCUT2D eigenvalue weighted by atomic mass is 10.1. The molecular weight excluding hydrogens is 429 g/mol. The Morgan fingerprint density at radius 3 is 2.65 bits per heavy atom. The third kappa shape index (κ3) is 5.46. The summed E-state index contributed by atoms with van der Waals surface area (Å²) < 4.78 is 41.0. The number of benzene rings is 1. The van der Waals surface area contributed by atoms with Gasteiger partial charge < -0.3 is 10.6 Å². The number of hydrogen-bond donors (Lipinski definition) is 2. The van der Waals surface area contributed by atoms with Crippen molar-refractivity contribution in [2.75, 3.05) is 17.6 Å². The molecule has 1 amide bonds. The van der Waals surface area contributed by atoms with E-state index in [4.69, 9.17) is 0 Å². The number of anilines is 1. The zero-order chi connectivity index (χ0) is 22.6. The van der Waals surface area contributed by atoms with Crippen LogP contribution in [-0.2, 0) is 12.7 Å². The monoisotopic (exact) mass is 452 g/mol. The summed E-state index contributed by atoms with van der Waals surface area (Å²) in [6.07, 6.45) is -2.96. The number of rotatable bonds is 8. The second-order valence-corrected chi connectivity index (χ2v) is 8.22. The van der Waals surface area contributed by atoms with Gasteiger partial charge in [0.15, 0.2) is 10.8 Å². The molecule has 0 aliphatic heterocycles. The van der Waals surface area contributed by atoms with Gasteiger partial charge in [-0.3, -0.25) is 4.79 Å². The van der Waals surface area contributed by atoms with E-state index < -0.39 is 23.2 Å². The number of aromatic nitrogens is 4. The van der Waals surface area contributed by atoms with Crippen molar-refractivity contribution in [1.29, 1.82) is 0 Å². The first-order chi connectivity index (χ1) is 14.7. The lowest BCUT2D eigenvalue weighted by Crippen LogP contribution is -2.29. The Morgan fingerprint density at radius 2 is 1.97 bits per heavy atom.